The van der Waals surface area contributed by atoms with Gasteiger partial charge in [0.25, 0.3) is 0 Å². The van der Waals surface area contributed by atoms with Gasteiger partial charge < -0.3 is 0 Å². The van der Waals surface area contributed by atoms with Crippen LogP contribution in [-0.4, -0.2) is 15.8 Å². The molecule has 0 saturated heterocycles. The quantitative estimate of drug-likeness (QED) is 0.775. The lowest BCUT2D eigenvalue weighted by Crippen LogP contribution is -2.28. The molecule has 0 N–H and O–H groups in total. The molecule has 0 aliphatic heterocycles. The Morgan fingerprint density at radius 3 is 2.76 bits per heavy atom. The molecule has 1 heterocycles. The number of hydrogen-bond acceptors (Lipinski definition) is 3. The van der Waals surface area contributed by atoms with Crippen LogP contribution in [0.2, 0.25) is 0 Å². The van der Waals surface area contributed by atoms with Crippen LogP contribution in [0.25, 0.3) is 11.4 Å². The second-order valence-electron chi connectivity index (χ2n) is 6.12. The first-order chi connectivity index (χ1) is 9.85. The summed E-state index contributed by atoms with van der Waals surface area (Å²) in [5, 5.41) is 0. The Morgan fingerprint density at radius 2 is 2.05 bits per heavy atom. The average molecular weight is 349 g/mol. The topological polar surface area (TPSA) is 42.9 Å². The van der Waals surface area contributed by atoms with E-state index in [-0.39, 0.29) is 17.0 Å². The highest BCUT2D eigenvalue weighted by molar-refractivity contribution is 9.10. The van der Waals surface area contributed by atoms with Crippen molar-refractivity contribution in [3.8, 4) is 11.4 Å². The number of benzene rings is 1. The first kappa shape index (κ1) is 14.3. The van der Waals surface area contributed by atoms with E-state index in [4.69, 9.17) is 0 Å². The normalized spacial score (nSPS) is 16.7. The average Bonchev–Trinajstić information content (AvgIpc) is 2.40. The van der Waals surface area contributed by atoms with Crippen molar-refractivity contribution in [3.05, 3.63) is 45.9 Å². The fourth-order valence-corrected chi connectivity index (χ4v) is 2.98. The largest absolute Gasteiger partial charge is 0.294 e. The third-order valence-corrected chi connectivity index (χ3v) is 4.24. The summed E-state index contributed by atoms with van der Waals surface area (Å²) >= 11 is 3.16. The zero-order valence-corrected chi connectivity index (χ0v) is 13.4. The summed E-state index contributed by atoms with van der Waals surface area (Å²) in [5.74, 6) is 0.279. The Labute approximate surface area is 130 Å². The summed E-state index contributed by atoms with van der Waals surface area (Å²) in [6.45, 7) is 4.12. The monoisotopic (exact) mass is 348 g/mol. The summed E-state index contributed by atoms with van der Waals surface area (Å²) in [4.78, 5) is 20.9. The number of hydrogen-bond donors (Lipinski definition) is 0. The predicted octanol–water partition coefficient (Wildman–Crippen LogP) is 4.20. The molecule has 1 aliphatic carbocycles. The van der Waals surface area contributed by atoms with E-state index in [2.05, 4.69) is 39.7 Å². The van der Waals surface area contributed by atoms with Gasteiger partial charge in [-0.1, -0.05) is 13.8 Å². The lowest BCUT2D eigenvalue weighted by Gasteiger charge is -2.29. The second-order valence-corrected chi connectivity index (χ2v) is 6.98. The van der Waals surface area contributed by atoms with E-state index < -0.39 is 0 Å². The molecule has 0 unspecified atom stereocenters. The fourth-order valence-electron chi connectivity index (χ4n) is 2.60. The van der Waals surface area contributed by atoms with Crippen molar-refractivity contribution < 1.29 is 9.18 Å². The van der Waals surface area contributed by atoms with Gasteiger partial charge in [-0.05, 0) is 46.0 Å². The highest BCUT2D eigenvalue weighted by Gasteiger charge is 2.32. The van der Waals surface area contributed by atoms with Crippen LogP contribution in [0.15, 0.2) is 28.9 Å². The van der Waals surface area contributed by atoms with Crippen molar-refractivity contribution in [2.24, 2.45) is 5.41 Å². The highest BCUT2D eigenvalue weighted by atomic mass is 79.9. The van der Waals surface area contributed by atoms with E-state index in [1.54, 1.807) is 18.3 Å². The van der Waals surface area contributed by atoms with E-state index in [0.29, 0.717) is 22.3 Å². The molecule has 0 atom stereocenters. The molecule has 0 fully saturated rings. The molecule has 1 aromatic heterocycles. The molecule has 21 heavy (non-hydrogen) atoms. The Morgan fingerprint density at radius 1 is 1.29 bits per heavy atom. The van der Waals surface area contributed by atoms with Crippen molar-refractivity contribution in [1.29, 1.82) is 0 Å². The first-order valence-corrected chi connectivity index (χ1v) is 7.50. The zero-order valence-electron chi connectivity index (χ0n) is 11.8. The maximum atomic E-state index is 13.3. The molecule has 0 spiro atoms. The lowest BCUT2D eigenvalue weighted by molar-refractivity contribution is 0.0910. The molecule has 3 rings (SSSR count). The number of aromatic nitrogens is 2. The van der Waals surface area contributed by atoms with E-state index in [9.17, 15) is 9.18 Å². The van der Waals surface area contributed by atoms with Gasteiger partial charge >= 0.3 is 0 Å². The predicted molar refractivity (Wildman–Crippen MR) is 81.6 cm³/mol. The Bertz CT molecular complexity index is 743. The minimum absolute atomic E-state index is 0.0842. The molecular formula is C16H14BrFN2O. The summed E-state index contributed by atoms with van der Waals surface area (Å²) < 4.78 is 13.7. The van der Waals surface area contributed by atoms with Gasteiger partial charge in [-0.3, -0.25) is 4.79 Å². The lowest BCUT2D eigenvalue weighted by atomic mass is 9.76. The van der Waals surface area contributed by atoms with Crippen LogP contribution in [-0.2, 0) is 6.42 Å². The minimum atomic E-state index is -0.326. The Kier molecular flexibility index (Phi) is 3.40. The van der Waals surface area contributed by atoms with Crippen LogP contribution in [0.4, 0.5) is 4.39 Å². The molecule has 3 nitrogen and oxygen atoms in total. The summed E-state index contributed by atoms with van der Waals surface area (Å²) in [6.07, 6.45) is 2.85. The SMILES string of the molecule is CC1(C)CC(=O)c2cnc(-c3ccc(F)c(Br)c3)nc2C1. The molecule has 5 heteroatoms. The number of fused-ring (bicyclic) bond motifs is 1. The third kappa shape index (κ3) is 2.75. The van der Waals surface area contributed by atoms with Gasteiger partial charge in [0, 0.05) is 18.2 Å². The minimum Gasteiger partial charge on any atom is -0.294 e. The molecule has 1 aliphatic rings. The maximum absolute atomic E-state index is 13.3. The van der Waals surface area contributed by atoms with E-state index in [1.807, 2.05) is 0 Å². The molecule has 0 amide bonds. The van der Waals surface area contributed by atoms with Gasteiger partial charge in [-0.2, -0.15) is 0 Å². The smallest absolute Gasteiger partial charge is 0.166 e. The van der Waals surface area contributed by atoms with Crippen molar-refractivity contribution in [1.82, 2.24) is 9.97 Å². The van der Waals surface area contributed by atoms with Crippen LogP contribution >= 0.6 is 15.9 Å². The van der Waals surface area contributed by atoms with Gasteiger partial charge in [-0.15, -0.1) is 0 Å². The molecule has 0 saturated carbocycles. The Balaban J connectivity index is 2.07. The Hall–Kier alpha value is -1.62. The van der Waals surface area contributed by atoms with E-state index in [0.717, 1.165) is 17.7 Å². The summed E-state index contributed by atoms with van der Waals surface area (Å²) in [5.41, 5.74) is 2.03. The van der Waals surface area contributed by atoms with Crippen LogP contribution < -0.4 is 0 Å². The number of rotatable bonds is 1. The van der Waals surface area contributed by atoms with Crippen LogP contribution in [0, 0.1) is 11.2 Å². The second kappa shape index (κ2) is 4.98. The molecule has 0 bridgehead atoms. The van der Waals surface area contributed by atoms with Crippen molar-refractivity contribution in [2.75, 3.05) is 0 Å². The molecule has 0 radical (unpaired) electrons. The number of halogens is 2. The van der Waals surface area contributed by atoms with Gasteiger partial charge in [0.05, 0.1) is 15.7 Å². The van der Waals surface area contributed by atoms with Gasteiger partial charge in [0.2, 0.25) is 0 Å². The number of nitrogens with zero attached hydrogens (tertiary/aromatic N) is 2. The maximum Gasteiger partial charge on any atom is 0.166 e. The van der Waals surface area contributed by atoms with Crippen molar-refractivity contribution >= 4 is 21.7 Å². The van der Waals surface area contributed by atoms with Gasteiger partial charge in [0.1, 0.15) is 5.82 Å². The van der Waals surface area contributed by atoms with Crippen LogP contribution in [0.5, 0.6) is 0 Å². The standard InChI is InChI=1S/C16H14BrFN2O/c1-16(2)6-13-10(14(21)7-16)8-19-15(20-13)9-3-4-12(18)11(17)5-9/h3-5,8H,6-7H2,1-2H3. The number of carbonyl (C=O) groups is 1. The summed E-state index contributed by atoms with van der Waals surface area (Å²) in [7, 11) is 0. The highest BCUT2D eigenvalue weighted by Crippen LogP contribution is 2.34. The third-order valence-electron chi connectivity index (χ3n) is 3.63. The van der Waals surface area contributed by atoms with Crippen molar-refractivity contribution in [3.63, 3.8) is 0 Å². The molecule has 108 valence electrons. The molecular weight excluding hydrogens is 335 g/mol. The number of Topliss-reactive ketones (excluding diaryl/α,β-unsaturated/α-hetero) is 1. The zero-order chi connectivity index (χ0) is 15.2. The number of ketones is 1. The molecule has 2 aromatic rings. The van der Waals surface area contributed by atoms with Gasteiger partial charge in [0.15, 0.2) is 11.6 Å². The fraction of sp³-hybridized carbons (Fsp3) is 0.312. The van der Waals surface area contributed by atoms with Crippen LogP contribution in [0.3, 0.4) is 0 Å². The van der Waals surface area contributed by atoms with Crippen molar-refractivity contribution in [2.45, 2.75) is 26.7 Å². The first-order valence-electron chi connectivity index (χ1n) is 6.70. The number of carbonyl (C=O) groups excluding carboxylic acids is 1. The van der Waals surface area contributed by atoms with Crippen LogP contribution in [0.1, 0.15) is 36.3 Å². The molecule has 1 aromatic carbocycles. The van der Waals surface area contributed by atoms with Gasteiger partial charge in [-0.25, -0.2) is 14.4 Å². The van der Waals surface area contributed by atoms with E-state index >= 15 is 0 Å². The van der Waals surface area contributed by atoms with E-state index in [1.165, 1.54) is 6.07 Å². The summed E-state index contributed by atoms with van der Waals surface area (Å²) in [6, 6.07) is 4.65.